The molecule has 0 spiro atoms. The smallest absolute Gasteiger partial charge is 0.142 e. The summed E-state index contributed by atoms with van der Waals surface area (Å²) in [5, 5.41) is 10.0. The summed E-state index contributed by atoms with van der Waals surface area (Å²) in [5.74, 6) is 0.337. The Morgan fingerprint density at radius 1 is 1.35 bits per heavy atom. The van der Waals surface area contributed by atoms with Crippen molar-refractivity contribution in [2.24, 2.45) is 5.92 Å². The van der Waals surface area contributed by atoms with Crippen LogP contribution in [0.1, 0.15) is 27.2 Å². The lowest BCUT2D eigenvalue weighted by Crippen LogP contribution is -2.37. The van der Waals surface area contributed by atoms with Gasteiger partial charge in [0.2, 0.25) is 0 Å². The Morgan fingerprint density at radius 2 is 1.88 bits per heavy atom. The third kappa shape index (κ3) is 6.09. The molecule has 0 aromatic rings. The molecular weight excluding hydrogens is 209 g/mol. The molecule has 0 amide bonds. The average molecular weight is 236 g/mol. The highest BCUT2D eigenvalue weighted by Gasteiger charge is 2.17. The van der Waals surface area contributed by atoms with Gasteiger partial charge in [-0.05, 0) is 33.2 Å². The predicted octanol–water partition coefficient (Wildman–Crippen LogP) is 2.54. The molecule has 0 fully saturated rings. The van der Waals surface area contributed by atoms with E-state index in [9.17, 15) is 5.11 Å². The zero-order valence-electron chi connectivity index (χ0n) is 12.0. The van der Waals surface area contributed by atoms with Gasteiger partial charge in [-0.25, -0.2) is 0 Å². The molecule has 3 unspecified atom stereocenters. The monoisotopic (exact) mass is 236 g/mol. The summed E-state index contributed by atoms with van der Waals surface area (Å²) in [6, 6.07) is 0.306. The second-order valence-corrected chi connectivity index (χ2v) is 5.12. The molecule has 0 aliphatic rings. The minimum Gasteiger partial charge on any atom is -0.392 e. The number of rotatable bonds is 8. The fourth-order valence-electron chi connectivity index (χ4n) is 1.79. The van der Waals surface area contributed by atoms with Gasteiger partial charge in [0.1, 0.15) is 7.28 Å². The number of likely N-dealkylation sites (N-methyl/N-ethyl adjacent to an activating group) is 1. The number of hydrogen-bond donors (Lipinski definition) is 1. The van der Waals surface area contributed by atoms with Crippen molar-refractivity contribution in [1.82, 2.24) is 4.90 Å². The van der Waals surface area contributed by atoms with Gasteiger partial charge in [-0.2, -0.15) is 0 Å². The topological polar surface area (TPSA) is 23.5 Å². The second-order valence-electron chi connectivity index (χ2n) is 5.12. The van der Waals surface area contributed by atoms with E-state index >= 15 is 0 Å². The van der Waals surface area contributed by atoms with E-state index < -0.39 is 0 Å². The van der Waals surface area contributed by atoms with Crippen LogP contribution in [0.5, 0.6) is 0 Å². The first-order valence-electron chi connectivity index (χ1n) is 6.31. The third-order valence-electron chi connectivity index (χ3n) is 3.50. The average Bonchev–Trinajstić information content (AvgIpc) is 2.26. The van der Waals surface area contributed by atoms with Crippen LogP contribution in [0.3, 0.4) is 0 Å². The van der Waals surface area contributed by atoms with E-state index in [1.807, 2.05) is 28.1 Å². The molecule has 2 nitrogen and oxygen atoms in total. The van der Waals surface area contributed by atoms with E-state index in [0.29, 0.717) is 18.5 Å². The summed E-state index contributed by atoms with van der Waals surface area (Å²) in [6.45, 7) is 16.8. The fraction of sp³-hybridized carbons (Fsp3) is 0.714. The molecular formula is C14H27BNO. The zero-order valence-corrected chi connectivity index (χ0v) is 12.0. The maximum Gasteiger partial charge on any atom is 0.142 e. The lowest BCUT2D eigenvalue weighted by molar-refractivity contribution is 0.0995. The highest BCUT2D eigenvalue weighted by atomic mass is 16.3. The van der Waals surface area contributed by atoms with Crippen LogP contribution in [-0.4, -0.2) is 43.0 Å². The number of nitrogens with zero attached hydrogens (tertiary/aromatic N) is 1. The van der Waals surface area contributed by atoms with E-state index in [1.54, 1.807) is 0 Å². The Balaban J connectivity index is 4.13. The van der Waals surface area contributed by atoms with Crippen LogP contribution in [0, 0.1) is 5.92 Å². The molecule has 17 heavy (non-hydrogen) atoms. The number of aliphatic hydroxyl groups excluding tert-OH is 1. The Kier molecular flexibility index (Phi) is 7.48. The van der Waals surface area contributed by atoms with Crippen molar-refractivity contribution >= 4 is 7.28 Å². The first-order valence-corrected chi connectivity index (χ1v) is 6.31. The van der Waals surface area contributed by atoms with E-state index in [1.165, 1.54) is 0 Å². The highest BCUT2D eigenvalue weighted by Crippen LogP contribution is 2.15. The quantitative estimate of drug-likeness (QED) is 0.517. The van der Waals surface area contributed by atoms with Crippen LogP contribution in [0.4, 0.5) is 0 Å². The summed E-state index contributed by atoms with van der Waals surface area (Å²) in [4.78, 5) is 2.14. The Labute approximate surface area is 108 Å². The number of hydrogen-bond acceptors (Lipinski definition) is 2. The molecule has 97 valence electrons. The predicted molar refractivity (Wildman–Crippen MR) is 77.5 cm³/mol. The summed E-state index contributed by atoms with van der Waals surface area (Å²) in [7, 11) is 4.03. The molecule has 3 heteroatoms. The zero-order chi connectivity index (χ0) is 13.6. The summed E-state index contributed by atoms with van der Waals surface area (Å²) >= 11 is 0. The van der Waals surface area contributed by atoms with Gasteiger partial charge in [-0.15, -0.1) is 12.1 Å². The minimum atomic E-state index is -0.312. The molecule has 0 aromatic carbocycles. The van der Waals surface area contributed by atoms with E-state index in [0.717, 1.165) is 17.5 Å². The molecule has 0 aromatic heterocycles. The van der Waals surface area contributed by atoms with Crippen molar-refractivity contribution < 1.29 is 5.11 Å². The molecule has 0 aliphatic heterocycles. The number of aliphatic hydroxyl groups is 1. The first-order chi connectivity index (χ1) is 7.79. The van der Waals surface area contributed by atoms with Crippen LogP contribution in [0.2, 0.25) is 6.82 Å². The van der Waals surface area contributed by atoms with Crippen molar-refractivity contribution in [2.45, 2.75) is 46.2 Å². The van der Waals surface area contributed by atoms with Crippen LogP contribution in [-0.2, 0) is 0 Å². The molecule has 0 heterocycles. The van der Waals surface area contributed by atoms with Gasteiger partial charge >= 0.3 is 0 Å². The van der Waals surface area contributed by atoms with Gasteiger partial charge in [0.25, 0.3) is 0 Å². The van der Waals surface area contributed by atoms with Crippen molar-refractivity contribution in [3.05, 3.63) is 24.2 Å². The van der Waals surface area contributed by atoms with Gasteiger partial charge in [-0.1, -0.05) is 25.9 Å². The Bertz CT molecular complexity index is 265. The lowest BCUT2D eigenvalue weighted by atomic mass is 9.67. The SMILES string of the molecule is C=C([B]C)C(C)CC(O)CN(C)C(C)C(=C)C. The largest absolute Gasteiger partial charge is 0.392 e. The molecule has 1 radical (unpaired) electrons. The minimum absolute atomic E-state index is 0.306. The third-order valence-corrected chi connectivity index (χ3v) is 3.50. The summed E-state index contributed by atoms with van der Waals surface area (Å²) in [6.07, 6.45) is 0.449. The second kappa shape index (κ2) is 7.73. The van der Waals surface area contributed by atoms with Crippen molar-refractivity contribution in [3.8, 4) is 0 Å². The van der Waals surface area contributed by atoms with Crippen molar-refractivity contribution in [2.75, 3.05) is 13.6 Å². The molecule has 0 bridgehead atoms. The molecule has 0 rings (SSSR count). The highest BCUT2D eigenvalue weighted by molar-refractivity contribution is 6.43. The van der Waals surface area contributed by atoms with E-state index in [4.69, 9.17) is 0 Å². The van der Waals surface area contributed by atoms with Crippen LogP contribution in [0.25, 0.3) is 0 Å². The fourth-order valence-corrected chi connectivity index (χ4v) is 1.79. The standard InChI is InChI=1S/C14H27BNO/c1-10(2)13(5)16(7)9-14(17)8-11(3)12(4)15-6/h11,13-14,17H,1,4,8-9H2,2-3,5-7H3. The number of allylic oxidation sites excluding steroid dienone is 1. The van der Waals surface area contributed by atoms with Gasteiger partial charge in [0.05, 0.1) is 6.10 Å². The van der Waals surface area contributed by atoms with Gasteiger partial charge < -0.3 is 5.11 Å². The normalized spacial score (nSPS) is 16.4. The van der Waals surface area contributed by atoms with Crippen LogP contribution in [0.15, 0.2) is 24.2 Å². The van der Waals surface area contributed by atoms with Crippen LogP contribution >= 0.6 is 0 Å². The van der Waals surface area contributed by atoms with Crippen molar-refractivity contribution in [1.29, 1.82) is 0 Å². The maximum atomic E-state index is 10.0. The van der Waals surface area contributed by atoms with Gasteiger partial charge in [0.15, 0.2) is 0 Å². The van der Waals surface area contributed by atoms with Gasteiger partial charge in [0, 0.05) is 12.6 Å². The molecule has 0 saturated carbocycles. The van der Waals surface area contributed by atoms with Crippen molar-refractivity contribution in [3.63, 3.8) is 0 Å². The first kappa shape index (κ1) is 16.5. The van der Waals surface area contributed by atoms with E-state index in [-0.39, 0.29) is 6.10 Å². The molecule has 0 aliphatic carbocycles. The molecule has 1 N–H and O–H groups in total. The Hall–Kier alpha value is -0.535. The Morgan fingerprint density at radius 3 is 2.29 bits per heavy atom. The van der Waals surface area contributed by atoms with E-state index in [2.05, 4.69) is 31.9 Å². The van der Waals surface area contributed by atoms with Crippen LogP contribution < -0.4 is 0 Å². The van der Waals surface area contributed by atoms with Gasteiger partial charge in [-0.3, -0.25) is 4.90 Å². The maximum absolute atomic E-state index is 10.0. The summed E-state index contributed by atoms with van der Waals surface area (Å²) < 4.78 is 0. The summed E-state index contributed by atoms with van der Waals surface area (Å²) in [5.41, 5.74) is 2.22. The molecule has 3 atom stereocenters. The lowest BCUT2D eigenvalue weighted by Gasteiger charge is -2.28. The molecule has 0 saturated heterocycles.